The number of anilines is 1. The van der Waals surface area contributed by atoms with Crippen LogP contribution >= 0.6 is 0 Å². The summed E-state index contributed by atoms with van der Waals surface area (Å²) in [5.74, 6) is -0.241. The second-order valence-electron chi connectivity index (χ2n) is 4.20. The molecule has 0 radical (unpaired) electrons. The van der Waals surface area contributed by atoms with Gasteiger partial charge in [-0.15, -0.1) is 0 Å². The second-order valence-corrected chi connectivity index (χ2v) is 6.32. The fourth-order valence-corrected chi connectivity index (χ4v) is 2.81. The maximum absolute atomic E-state index is 12.8. The third-order valence-corrected chi connectivity index (χ3v) is 4.27. The summed E-state index contributed by atoms with van der Waals surface area (Å²) in [5.41, 5.74) is 0.971. The Hall–Kier alpha value is -1.14. The van der Waals surface area contributed by atoms with Crippen LogP contribution in [0.25, 0.3) is 0 Å². The molecule has 0 bridgehead atoms. The molecular formula is C11H16FN3OS. The van der Waals surface area contributed by atoms with Crippen molar-refractivity contribution in [3.05, 3.63) is 30.1 Å². The standard InChI is InChI=1S/C11H16FN3OS/c1-17(13,16)15-8-6-14(7-9-15)11-4-2-10(12)3-5-11/h2-5,13H,6-9H2,1H3. The predicted molar refractivity (Wildman–Crippen MR) is 67.0 cm³/mol. The van der Waals surface area contributed by atoms with Crippen molar-refractivity contribution in [3.63, 3.8) is 0 Å². The van der Waals surface area contributed by atoms with Crippen molar-refractivity contribution >= 4 is 15.6 Å². The predicted octanol–water partition coefficient (Wildman–Crippen LogP) is 1.54. The molecule has 0 saturated carbocycles. The van der Waals surface area contributed by atoms with Gasteiger partial charge in [0.1, 0.15) is 15.7 Å². The van der Waals surface area contributed by atoms with Gasteiger partial charge in [-0.25, -0.2) is 17.7 Å². The van der Waals surface area contributed by atoms with Gasteiger partial charge >= 0.3 is 0 Å². The lowest BCUT2D eigenvalue weighted by Crippen LogP contribution is -2.48. The van der Waals surface area contributed by atoms with Gasteiger partial charge in [0.15, 0.2) is 0 Å². The molecule has 0 aromatic heterocycles. The summed E-state index contributed by atoms with van der Waals surface area (Å²) in [6, 6.07) is 6.37. The van der Waals surface area contributed by atoms with Gasteiger partial charge in [0.05, 0.1) is 0 Å². The van der Waals surface area contributed by atoms with Gasteiger partial charge < -0.3 is 4.90 Å². The van der Waals surface area contributed by atoms with Crippen LogP contribution in [0.3, 0.4) is 0 Å². The van der Waals surface area contributed by atoms with E-state index in [9.17, 15) is 8.60 Å². The maximum Gasteiger partial charge on any atom is 0.123 e. The zero-order chi connectivity index (χ0) is 12.5. The van der Waals surface area contributed by atoms with E-state index < -0.39 is 9.92 Å². The van der Waals surface area contributed by atoms with E-state index in [0.717, 1.165) is 18.8 Å². The first-order valence-electron chi connectivity index (χ1n) is 5.46. The number of rotatable bonds is 2. The van der Waals surface area contributed by atoms with E-state index >= 15 is 0 Å². The normalized spacial score (nSPS) is 21.2. The van der Waals surface area contributed by atoms with Crippen LogP contribution in [0.1, 0.15) is 0 Å². The van der Waals surface area contributed by atoms with E-state index in [2.05, 4.69) is 4.90 Å². The van der Waals surface area contributed by atoms with Crippen LogP contribution in [0.15, 0.2) is 24.3 Å². The monoisotopic (exact) mass is 257 g/mol. The van der Waals surface area contributed by atoms with Gasteiger partial charge in [0.25, 0.3) is 0 Å². The Morgan fingerprint density at radius 2 is 1.71 bits per heavy atom. The molecule has 1 aromatic carbocycles. The molecule has 94 valence electrons. The van der Waals surface area contributed by atoms with Crippen molar-refractivity contribution in [1.29, 1.82) is 4.78 Å². The Morgan fingerprint density at radius 3 is 2.18 bits per heavy atom. The number of nitrogens with zero attached hydrogens (tertiary/aromatic N) is 2. The number of hydrogen-bond acceptors (Lipinski definition) is 3. The highest BCUT2D eigenvalue weighted by atomic mass is 32.2. The molecular weight excluding hydrogens is 241 g/mol. The molecule has 1 aliphatic rings. The van der Waals surface area contributed by atoms with Crippen molar-refractivity contribution in [1.82, 2.24) is 4.31 Å². The van der Waals surface area contributed by atoms with Gasteiger partial charge in [-0.1, -0.05) is 0 Å². The first kappa shape index (κ1) is 12.3. The highest BCUT2D eigenvalue weighted by molar-refractivity contribution is 7.89. The van der Waals surface area contributed by atoms with E-state index in [1.165, 1.54) is 18.4 Å². The molecule has 6 heteroatoms. The summed E-state index contributed by atoms with van der Waals surface area (Å²) in [5, 5.41) is 0. The van der Waals surface area contributed by atoms with Gasteiger partial charge in [0.2, 0.25) is 0 Å². The van der Waals surface area contributed by atoms with Crippen LogP contribution in [0.2, 0.25) is 0 Å². The lowest BCUT2D eigenvalue weighted by atomic mass is 10.2. The summed E-state index contributed by atoms with van der Waals surface area (Å²) >= 11 is 0. The average Bonchev–Trinajstić information content (AvgIpc) is 2.29. The SMILES string of the molecule is CS(=N)(=O)N1CCN(c2ccc(F)cc2)CC1. The summed E-state index contributed by atoms with van der Waals surface area (Å²) < 4.78 is 33.5. The van der Waals surface area contributed by atoms with Gasteiger partial charge in [-0.2, -0.15) is 0 Å². The van der Waals surface area contributed by atoms with E-state index in [1.54, 1.807) is 16.4 Å². The third-order valence-electron chi connectivity index (χ3n) is 2.92. The van der Waals surface area contributed by atoms with Crippen molar-refractivity contribution < 1.29 is 8.60 Å². The van der Waals surface area contributed by atoms with Crippen molar-refractivity contribution in [2.24, 2.45) is 0 Å². The lowest BCUT2D eigenvalue weighted by molar-refractivity contribution is 0.406. The van der Waals surface area contributed by atoms with Crippen molar-refractivity contribution in [2.75, 3.05) is 37.3 Å². The van der Waals surface area contributed by atoms with Crippen molar-refractivity contribution in [3.8, 4) is 0 Å². The molecule has 0 spiro atoms. The van der Waals surface area contributed by atoms with Gasteiger partial charge in [0, 0.05) is 38.1 Å². The number of nitrogens with one attached hydrogen (secondary N) is 1. The van der Waals surface area contributed by atoms with Crippen LogP contribution in [-0.4, -0.2) is 40.9 Å². The minimum atomic E-state index is -2.59. The number of benzene rings is 1. The Kier molecular flexibility index (Phi) is 3.35. The summed E-state index contributed by atoms with van der Waals surface area (Å²) in [6.45, 7) is 2.65. The summed E-state index contributed by atoms with van der Waals surface area (Å²) in [6.07, 6.45) is 1.44. The second kappa shape index (κ2) is 4.62. The molecule has 0 aliphatic carbocycles. The van der Waals surface area contributed by atoms with E-state index in [-0.39, 0.29) is 5.82 Å². The number of piperazine rings is 1. The molecule has 17 heavy (non-hydrogen) atoms. The Balaban J connectivity index is 2.02. The van der Waals surface area contributed by atoms with Crippen LogP contribution in [-0.2, 0) is 9.92 Å². The molecule has 1 fully saturated rings. The van der Waals surface area contributed by atoms with Crippen LogP contribution in [0.5, 0.6) is 0 Å². The van der Waals surface area contributed by atoms with E-state index in [0.29, 0.717) is 13.1 Å². The fourth-order valence-electron chi connectivity index (χ4n) is 1.95. The molecule has 1 N–H and O–H groups in total. The lowest BCUT2D eigenvalue weighted by Gasteiger charge is -2.35. The zero-order valence-electron chi connectivity index (χ0n) is 9.73. The van der Waals surface area contributed by atoms with Crippen LogP contribution in [0.4, 0.5) is 10.1 Å². The Morgan fingerprint density at radius 1 is 1.18 bits per heavy atom. The first-order chi connectivity index (χ1) is 7.97. The average molecular weight is 257 g/mol. The molecule has 1 aliphatic heterocycles. The van der Waals surface area contributed by atoms with Gasteiger partial charge in [-0.3, -0.25) is 0 Å². The van der Waals surface area contributed by atoms with Crippen LogP contribution < -0.4 is 4.90 Å². The molecule has 1 atom stereocenters. The largest absolute Gasteiger partial charge is 0.369 e. The first-order valence-corrected chi connectivity index (χ1v) is 7.38. The highest BCUT2D eigenvalue weighted by Crippen LogP contribution is 2.17. The molecule has 2 rings (SSSR count). The highest BCUT2D eigenvalue weighted by Gasteiger charge is 2.21. The molecule has 1 saturated heterocycles. The Bertz CT molecular complexity index is 478. The number of hydrogen-bond donors (Lipinski definition) is 1. The quantitative estimate of drug-likeness (QED) is 0.873. The number of halogens is 1. The topological polar surface area (TPSA) is 47.4 Å². The van der Waals surface area contributed by atoms with Gasteiger partial charge in [-0.05, 0) is 24.3 Å². The van der Waals surface area contributed by atoms with Crippen molar-refractivity contribution in [2.45, 2.75) is 0 Å². The molecule has 1 unspecified atom stereocenters. The third kappa shape index (κ3) is 2.95. The summed E-state index contributed by atoms with van der Waals surface area (Å²) in [4.78, 5) is 2.11. The molecule has 1 aromatic rings. The minimum Gasteiger partial charge on any atom is -0.369 e. The molecule has 1 heterocycles. The molecule has 0 amide bonds. The smallest absolute Gasteiger partial charge is 0.123 e. The van der Waals surface area contributed by atoms with E-state index in [4.69, 9.17) is 4.78 Å². The minimum absolute atomic E-state index is 0.241. The zero-order valence-corrected chi connectivity index (χ0v) is 10.5. The van der Waals surface area contributed by atoms with E-state index in [1.807, 2.05) is 0 Å². The molecule has 4 nitrogen and oxygen atoms in total. The fraction of sp³-hybridized carbons (Fsp3) is 0.455. The Labute approximate surface area is 101 Å². The van der Waals surface area contributed by atoms with Crippen LogP contribution in [0, 0.1) is 10.6 Å². The summed E-state index contributed by atoms with van der Waals surface area (Å²) in [7, 11) is -2.59. The maximum atomic E-state index is 12.8.